The summed E-state index contributed by atoms with van der Waals surface area (Å²) in [6.07, 6.45) is 9.19. The van der Waals surface area contributed by atoms with Gasteiger partial charge in [-0.15, -0.1) is 11.8 Å². The molecule has 1 aliphatic carbocycles. The first-order valence-electron chi connectivity index (χ1n) is 3.24. The number of thioether (sulfide) groups is 1. The van der Waals surface area contributed by atoms with Crippen LogP contribution in [0.4, 0.5) is 0 Å². The Morgan fingerprint density at radius 3 is 2.78 bits per heavy atom. The van der Waals surface area contributed by atoms with Crippen molar-refractivity contribution in [1.29, 1.82) is 0 Å². The van der Waals surface area contributed by atoms with Gasteiger partial charge >= 0.3 is 0 Å². The molecule has 0 spiro atoms. The maximum Gasteiger partial charge on any atom is -0.0140 e. The topological polar surface area (TPSA) is 0 Å². The molecule has 0 radical (unpaired) electrons. The van der Waals surface area contributed by atoms with Crippen LogP contribution in [0.1, 0.15) is 19.8 Å². The molecule has 0 aromatic rings. The van der Waals surface area contributed by atoms with Crippen molar-refractivity contribution in [1.82, 2.24) is 0 Å². The summed E-state index contributed by atoms with van der Waals surface area (Å²) in [5.41, 5.74) is 1.42. The van der Waals surface area contributed by atoms with Crippen LogP contribution in [0.15, 0.2) is 22.6 Å². The minimum absolute atomic E-state index is 1.23. The zero-order valence-electron chi connectivity index (χ0n) is 5.98. The van der Waals surface area contributed by atoms with E-state index in [1.807, 2.05) is 11.8 Å². The highest BCUT2D eigenvalue weighted by atomic mass is 32.2. The highest BCUT2D eigenvalue weighted by Gasteiger charge is 1.99. The van der Waals surface area contributed by atoms with Gasteiger partial charge in [0.2, 0.25) is 0 Å². The van der Waals surface area contributed by atoms with Crippen LogP contribution in [0.25, 0.3) is 0 Å². The second-order valence-corrected chi connectivity index (χ2v) is 3.23. The van der Waals surface area contributed by atoms with Crippen LogP contribution < -0.4 is 0 Å². The molecule has 9 heavy (non-hydrogen) atoms. The number of allylic oxidation sites excluding steroid dienone is 4. The van der Waals surface area contributed by atoms with Gasteiger partial charge in [-0.25, -0.2) is 0 Å². The molecule has 0 aliphatic heterocycles. The first-order valence-corrected chi connectivity index (χ1v) is 4.46. The van der Waals surface area contributed by atoms with Crippen LogP contribution in [-0.4, -0.2) is 6.26 Å². The van der Waals surface area contributed by atoms with Gasteiger partial charge < -0.3 is 0 Å². The Labute approximate surface area is 61.0 Å². The van der Waals surface area contributed by atoms with Gasteiger partial charge in [0, 0.05) is 0 Å². The molecular formula is C8H12S. The molecule has 1 aliphatic rings. The van der Waals surface area contributed by atoms with E-state index in [4.69, 9.17) is 0 Å². The van der Waals surface area contributed by atoms with Gasteiger partial charge in [-0.3, -0.25) is 0 Å². The van der Waals surface area contributed by atoms with Crippen LogP contribution in [0.5, 0.6) is 0 Å². The van der Waals surface area contributed by atoms with E-state index in [1.54, 1.807) is 0 Å². The molecule has 0 heterocycles. The minimum Gasteiger partial charge on any atom is -0.134 e. The summed E-state index contributed by atoms with van der Waals surface area (Å²) in [7, 11) is 0. The Hall–Kier alpha value is -0.170. The summed E-state index contributed by atoms with van der Waals surface area (Å²) in [4.78, 5) is 1.52. The molecule has 0 aromatic carbocycles. The van der Waals surface area contributed by atoms with Crippen LogP contribution >= 0.6 is 11.8 Å². The Morgan fingerprint density at radius 1 is 1.56 bits per heavy atom. The van der Waals surface area contributed by atoms with Gasteiger partial charge in [0.05, 0.1) is 0 Å². The molecule has 0 nitrogen and oxygen atoms in total. The fourth-order valence-electron chi connectivity index (χ4n) is 0.988. The van der Waals surface area contributed by atoms with Crippen molar-refractivity contribution in [2.24, 2.45) is 0 Å². The van der Waals surface area contributed by atoms with Crippen LogP contribution in [0.3, 0.4) is 0 Å². The first-order chi connectivity index (χ1) is 4.33. The third-order valence-electron chi connectivity index (χ3n) is 1.51. The Bertz CT molecular complexity index is 154. The first kappa shape index (κ1) is 6.94. The van der Waals surface area contributed by atoms with Gasteiger partial charge in [0.25, 0.3) is 0 Å². The van der Waals surface area contributed by atoms with E-state index < -0.39 is 0 Å². The van der Waals surface area contributed by atoms with Gasteiger partial charge in [-0.05, 0) is 30.9 Å². The van der Waals surface area contributed by atoms with E-state index in [0.717, 1.165) is 0 Å². The SMILES string of the molecule is CSC1=CC(C)=CCC1. The average molecular weight is 140 g/mol. The summed E-state index contributed by atoms with van der Waals surface area (Å²) in [5, 5.41) is 0. The molecule has 0 unspecified atom stereocenters. The maximum absolute atomic E-state index is 2.29. The van der Waals surface area contributed by atoms with Gasteiger partial charge in [0.1, 0.15) is 0 Å². The predicted molar refractivity (Wildman–Crippen MR) is 44.6 cm³/mol. The quantitative estimate of drug-likeness (QED) is 0.539. The van der Waals surface area contributed by atoms with Crippen molar-refractivity contribution in [3.63, 3.8) is 0 Å². The van der Waals surface area contributed by atoms with Crippen LogP contribution in [0.2, 0.25) is 0 Å². The lowest BCUT2D eigenvalue weighted by atomic mass is 10.1. The lowest BCUT2D eigenvalue weighted by molar-refractivity contribution is 1.00. The van der Waals surface area contributed by atoms with E-state index in [-0.39, 0.29) is 0 Å². The lowest BCUT2D eigenvalue weighted by Crippen LogP contribution is -1.84. The smallest absolute Gasteiger partial charge is 0.0140 e. The third kappa shape index (κ3) is 1.90. The van der Waals surface area contributed by atoms with Crippen molar-refractivity contribution in [3.8, 4) is 0 Å². The lowest BCUT2D eigenvalue weighted by Gasteiger charge is -2.07. The highest BCUT2D eigenvalue weighted by molar-refractivity contribution is 8.02. The highest BCUT2D eigenvalue weighted by Crippen LogP contribution is 2.24. The fourth-order valence-corrected chi connectivity index (χ4v) is 1.61. The molecule has 0 atom stereocenters. The zero-order valence-corrected chi connectivity index (χ0v) is 6.79. The summed E-state index contributed by atoms with van der Waals surface area (Å²) in [6.45, 7) is 2.16. The van der Waals surface area contributed by atoms with Crippen molar-refractivity contribution in [2.75, 3.05) is 6.26 Å². The molecule has 0 aromatic heterocycles. The van der Waals surface area contributed by atoms with Crippen LogP contribution in [0, 0.1) is 0 Å². The molecule has 1 heteroatoms. The van der Waals surface area contributed by atoms with Crippen LogP contribution in [-0.2, 0) is 0 Å². The number of hydrogen-bond donors (Lipinski definition) is 0. The summed E-state index contributed by atoms with van der Waals surface area (Å²) in [6, 6.07) is 0. The summed E-state index contributed by atoms with van der Waals surface area (Å²) < 4.78 is 0. The average Bonchev–Trinajstić information content (AvgIpc) is 1.88. The summed E-state index contributed by atoms with van der Waals surface area (Å²) >= 11 is 1.87. The fraction of sp³-hybridized carbons (Fsp3) is 0.500. The molecule has 1 rings (SSSR count). The minimum atomic E-state index is 1.23. The van der Waals surface area contributed by atoms with E-state index in [9.17, 15) is 0 Å². The largest absolute Gasteiger partial charge is 0.134 e. The number of hydrogen-bond acceptors (Lipinski definition) is 1. The monoisotopic (exact) mass is 140 g/mol. The van der Waals surface area contributed by atoms with Crippen molar-refractivity contribution in [3.05, 3.63) is 22.6 Å². The Kier molecular flexibility index (Phi) is 2.40. The third-order valence-corrected chi connectivity index (χ3v) is 2.35. The number of rotatable bonds is 1. The van der Waals surface area contributed by atoms with Crippen molar-refractivity contribution < 1.29 is 0 Å². The molecule has 0 amide bonds. The summed E-state index contributed by atoms with van der Waals surface area (Å²) in [5.74, 6) is 0. The van der Waals surface area contributed by atoms with E-state index in [2.05, 4.69) is 25.3 Å². The Balaban J connectivity index is 2.63. The zero-order chi connectivity index (χ0) is 6.69. The molecule has 0 N–H and O–H groups in total. The second kappa shape index (κ2) is 3.11. The van der Waals surface area contributed by atoms with Crippen molar-refractivity contribution >= 4 is 11.8 Å². The molecule has 0 fully saturated rings. The van der Waals surface area contributed by atoms with Gasteiger partial charge in [-0.1, -0.05) is 17.7 Å². The van der Waals surface area contributed by atoms with Gasteiger partial charge in [0.15, 0.2) is 0 Å². The predicted octanol–water partition coefficient (Wildman–Crippen LogP) is 2.97. The maximum atomic E-state index is 2.29. The standard InChI is InChI=1S/C8H12S/c1-7-4-3-5-8(6-7)9-2/h4,6H,3,5H2,1-2H3. The molecular weight excluding hydrogens is 128 g/mol. The van der Waals surface area contributed by atoms with E-state index in [1.165, 1.54) is 23.3 Å². The normalized spacial score (nSPS) is 18.9. The van der Waals surface area contributed by atoms with Gasteiger partial charge in [-0.2, -0.15) is 0 Å². The molecule has 0 bridgehead atoms. The molecule has 0 saturated carbocycles. The second-order valence-electron chi connectivity index (χ2n) is 2.30. The van der Waals surface area contributed by atoms with Crippen molar-refractivity contribution in [2.45, 2.75) is 19.8 Å². The van der Waals surface area contributed by atoms with E-state index >= 15 is 0 Å². The van der Waals surface area contributed by atoms with E-state index in [0.29, 0.717) is 0 Å². The molecule has 0 saturated heterocycles. The molecule has 50 valence electrons. The Morgan fingerprint density at radius 2 is 2.33 bits per heavy atom.